The molecule has 0 saturated carbocycles. The molecule has 0 unspecified atom stereocenters. The third-order valence-electron chi connectivity index (χ3n) is 9.01. The first kappa shape index (κ1) is 52.5. The van der Waals surface area contributed by atoms with Gasteiger partial charge in [0.25, 0.3) is 0 Å². The van der Waals surface area contributed by atoms with E-state index < -0.39 is 147 Å². The van der Waals surface area contributed by atoms with Crippen LogP contribution in [-0.4, -0.2) is 39.5 Å². The lowest BCUT2D eigenvalue weighted by Crippen LogP contribution is -2.17. The van der Waals surface area contributed by atoms with Crippen LogP contribution in [-0.2, 0) is 65.2 Å². The van der Waals surface area contributed by atoms with Crippen molar-refractivity contribution < 1.29 is 108 Å². The van der Waals surface area contributed by atoms with Crippen molar-refractivity contribution >= 4 is 46.3 Å². The minimum Gasteiger partial charge on any atom is -0.379 e. The molecule has 0 atom stereocenters. The lowest BCUT2D eigenvalue weighted by molar-refractivity contribution is -0.138. The highest BCUT2D eigenvalue weighted by Gasteiger charge is 2.37. The molecule has 29 heteroatoms. The van der Waals surface area contributed by atoms with Crippen molar-refractivity contribution in [3.63, 3.8) is 0 Å². The van der Waals surface area contributed by atoms with E-state index in [0.29, 0.717) is 97.1 Å². The SMILES string of the molecule is O=C(c1ccc(OS(=O)(=O)c2cccc(C(F)(F)F)c2)cc1OS(=O)(=O)c1cccc(C(F)(F)F)c1)c1ccc(OS(=O)(=O)c2cccc(C(F)(F)F)c2)cc1OS(=O)(=O)c1cccc(C(F)(F)F)c1. The molecule has 0 aromatic heterocycles. The molecular formula is C41H22F12O13S4. The normalized spacial score (nSPS) is 13.1. The van der Waals surface area contributed by atoms with E-state index >= 15 is 0 Å². The van der Waals surface area contributed by atoms with Gasteiger partial charge in [-0.05, 0) is 97.1 Å². The van der Waals surface area contributed by atoms with Crippen molar-refractivity contribution in [2.45, 2.75) is 44.3 Å². The van der Waals surface area contributed by atoms with E-state index in [1.807, 2.05) is 0 Å². The lowest BCUT2D eigenvalue weighted by Gasteiger charge is -2.17. The topological polar surface area (TPSA) is 191 Å². The Balaban J connectivity index is 1.51. The molecule has 0 saturated heterocycles. The molecule has 0 spiro atoms. The second-order valence-corrected chi connectivity index (χ2v) is 20.1. The minimum atomic E-state index is -5.58. The molecule has 0 heterocycles. The number of ketones is 1. The maximum atomic E-state index is 14.4. The Morgan fingerprint density at radius 3 is 0.814 bits per heavy atom. The van der Waals surface area contributed by atoms with Crippen LogP contribution >= 0.6 is 0 Å². The molecule has 70 heavy (non-hydrogen) atoms. The summed E-state index contributed by atoms with van der Waals surface area (Å²) in [6.07, 6.45) is -20.5. The van der Waals surface area contributed by atoms with E-state index in [2.05, 4.69) is 0 Å². The smallest absolute Gasteiger partial charge is 0.379 e. The first-order valence-electron chi connectivity index (χ1n) is 18.4. The summed E-state index contributed by atoms with van der Waals surface area (Å²) in [6.45, 7) is 0. The molecule has 0 N–H and O–H groups in total. The standard InChI is InChI=1S/C41H22F12O13S4/c42-38(43,44)23-5-1-9-29(17-23)67(55,56)63-27-13-15-33(35(21-27)65-69(59,60)31-11-3-7-25(19-31)40(48,49)50)37(54)34-16-14-28(64-68(57,58)30-10-2-6-24(18-30)39(45,46)47)22-36(34)66-70(61,62)32-12-4-8-26(20-32)41(51,52)53/h1-22H. The number of hydrogen-bond acceptors (Lipinski definition) is 13. The second-order valence-electron chi connectivity index (χ2n) is 13.9. The van der Waals surface area contributed by atoms with Crippen LogP contribution in [0.15, 0.2) is 153 Å². The highest BCUT2D eigenvalue weighted by molar-refractivity contribution is 7.88. The molecule has 6 rings (SSSR count). The summed E-state index contributed by atoms with van der Waals surface area (Å²) in [5, 5.41) is 0. The highest BCUT2D eigenvalue weighted by atomic mass is 32.2. The van der Waals surface area contributed by atoms with Crippen molar-refractivity contribution in [3.05, 3.63) is 167 Å². The second kappa shape index (κ2) is 18.5. The number of hydrogen-bond donors (Lipinski definition) is 0. The lowest BCUT2D eigenvalue weighted by atomic mass is 10.0. The molecule has 372 valence electrons. The van der Waals surface area contributed by atoms with Crippen LogP contribution in [0.4, 0.5) is 52.7 Å². The van der Waals surface area contributed by atoms with Crippen molar-refractivity contribution in [2.24, 2.45) is 0 Å². The van der Waals surface area contributed by atoms with Crippen LogP contribution in [0, 0.1) is 0 Å². The fourth-order valence-electron chi connectivity index (χ4n) is 5.76. The van der Waals surface area contributed by atoms with Gasteiger partial charge in [0.15, 0.2) is 11.5 Å². The Morgan fingerprint density at radius 1 is 0.329 bits per heavy atom. The zero-order valence-electron chi connectivity index (χ0n) is 33.7. The summed E-state index contributed by atoms with van der Waals surface area (Å²) in [7, 11) is -21.8. The van der Waals surface area contributed by atoms with Crippen molar-refractivity contribution in [2.75, 3.05) is 0 Å². The third kappa shape index (κ3) is 12.1. The first-order valence-corrected chi connectivity index (χ1v) is 24.0. The van der Waals surface area contributed by atoms with Gasteiger partial charge in [-0.2, -0.15) is 86.4 Å². The van der Waals surface area contributed by atoms with Gasteiger partial charge in [-0.3, -0.25) is 4.79 Å². The molecule has 6 aromatic carbocycles. The fourth-order valence-corrected chi connectivity index (χ4v) is 9.67. The predicted octanol–water partition coefficient (Wildman–Crippen LogP) is 10.1. The molecule has 0 bridgehead atoms. The molecule has 0 fully saturated rings. The van der Waals surface area contributed by atoms with Gasteiger partial charge in [-0.25, -0.2) is 0 Å². The Labute approximate surface area is 386 Å². The molecule has 0 aliphatic heterocycles. The van der Waals surface area contributed by atoms with Gasteiger partial charge in [0.1, 0.15) is 31.1 Å². The van der Waals surface area contributed by atoms with Gasteiger partial charge < -0.3 is 16.7 Å². The summed E-state index contributed by atoms with van der Waals surface area (Å²) >= 11 is 0. The molecule has 0 aliphatic carbocycles. The minimum absolute atomic E-state index is 0.0615. The zero-order chi connectivity index (χ0) is 52.0. The summed E-state index contributed by atoms with van der Waals surface area (Å²) in [4.78, 5) is 9.63. The van der Waals surface area contributed by atoms with Gasteiger partial charge in [-0.15, -0.1) is 0 Å². The number of alkyl halides is 12. The molecule has 6 aromatic rings. The van der Waals surface area contributed by atoms with Gasteiger partial charge in [0.2, 0.25) is 5.78 Å². The fraction of sp³-hybridized carbons (Fsp3) is 0.0976. The average molecular weight is 1080 g/mol. The van der Waals surface area contributed by atoms with Crippen LogP contribution < -0.4 is 16.7 Å². The maximum Gasteiger partial charge on any atom is 0.416 e. The van der Waals surface area contributed by atoms with Crippen LogP contribution in [0.25, 0.3) is 0 Å². The van der Waals surface area contributed by atoms with Gasteiger partial charge >= 0.3 is 65.2 Å². The summed E-state index contributed by atoms with van der Waals surface area (Å²) < 4.78 is 288. The number of benzene rings is 6. The number of carbonyl (C=O) groups excluding carboxylic acids is 1. The van der Waals surface area contributed by atoms with E-state index in [0.717, 1.165) is 0 Å². The van der Waals surface area contributed by atoms with Crippen molar-refractivity contribution in [3.8, 4) is 23.0 Å². The Kier molecular flexibility index (Phi) is 13.9. The van der Waals surface area contributed by atoms with E-state index in [9.17, 15) is 91.2 Å². The van der Waals surface area contributed by atoms with Gasteiger partial charge in [0.05, 0.1) is 33.4 Å². The van der Waals surface area contributed by atoms with E-state index in [-0.39, 0.29) is 36.4 Å². The molecule has 0 radical (unpaired) electrons. The summed E-state index contributed by atoms with van der Waals surface area (Å²) in [5.41, 5.74) is -8.34. The van der Waals surface area contributed by atoms with Crippen LogP contribution in [0.5, 0.6) is 23.0 Å². The summed E-state index contributed by atoms with van der Waals surface area (Å²) in [5.74, 6) is -6.56. The predicted molar refractivity (Wildman–Crippen MR) is 213 cm³/mol. The zero-order valence-corrected chi connectivity index (χ0v) is 36.9. The van der Waals surface area contributed by atoms with Crippen molar-refractivity contribution in [1.29, 1.82) is 0 Å². The number of halogens is 12. The van der Waals surface area contributed by atoms with E-state index in [4.69, 9.17) is 16.7 Å². The van der Waals surface area contributed by atoms with E-state index in [1.54, 1.807) is 0 Å². The molecule has 0 amide bonds. The molecule has 0 aliphatic rings. The number of carbonyl (C=O) groups is 1. The maximum absolute atomic E-state index is 14.4. The Hall–Kier alpha value is -6.85. The molecular weight excluding hydrogens is 1060 g/mol. The quantitative estimate of drug-likeness (QED) is 0.0569. The molecule has 13 nitrogen and oxygen atoms in total. The highest BCUT2D eigenvalue weighted by Crippen LogP contribution is 2.39. The van der Waals surface area contributed by atoms with Crippen LogP contribution in [0.2, 0.25) is 0 Å². The van der Waals surface area contributed by atoms with Crippen LogP contribution in [0.1, 0.15) is 38.2 Å². The van der Waals surface area contributed by atoms with Crippen LogP contribution in [0.3, 0.4) is 0 Å². The Bertz CT molecular complexity index is 3250. The first-order chi connectivity index (χ1) is 32.1. The summed E-state index contributed by atoms with van der Waals surface area (Å²) in [6, 6.07) is 9.82. The number of rotatable bonds is 14. The largest absolute Gasteiger partial charge is 0.416 e. The van der Waals surface area contributed by atoms with Gasteiger partial charge in [0, 0.05) is 12.1 Å². The third-order valence-corrected chi connectivity index (χ3v) is 14.0. The van der Waals surface area contributed by atoms with E-state index in [1.165, 1.54) is 0 Å². The van der Waals surface area contributed by atoms with Crippen molar-refractivity contribution in [1.82, 2.24) is 0 Å². The monoisotopic (exact) mass is 1080 g/mol. The Morgan fingerprint density at radius 2 is 0.571 bits per heavy atom. The average Bonchev–Trinajstić information content (AvgIpc) is 3.25. The van der Waals surface area contributed by atoms with Gasteiger partial charge in [-0.1, -0.05) is 24.3 Å².